The van der Waals surface area contributed by atoms with Gasteiger partial charge in [0.2, 0.25) is 5.78 Å². The van der Waals surface area contributed by atoms with Gasteiger partial charge in [-0.05, 0) is 12.5 Å². The van der Waals surface area contributed by atoms with E-state index < -0.39 is 0 Å². The van der Waals surface area contributed by atoms with Gasteiger partial charge < -0.3 is 9.72 Å². The molecule has 4 nitrogen and oxygen atoms in total. The van der Waals surface area contributed by atoms with E-state index in [4.69, 9.17) is 4.74 Å². The van der Waals surface area contributed by atoms with Gasteiger partial charge in [0.05, 0.1) is 12.7 Å². The molecule has 0 spiro atoms. The molecule has 1 aromatic rings. The number of fused-ring (bicyclic) bond motifs is 1. The number of rotatable bonds is 1. The largest absolute Gasteiger partial charge is 0.492 e. The van der Waals surface area contributed by atoms with Crippen molar-refractivity contribution in [2.45, 2.75) is 6.92 Å². The maximum atomic E-state index is 11.6. The first kappa shape index (κ1) is 8.74. The van der Waals surface area contributed by atoms with Gasteiger partial charge in [0.15, 0.2) is 11.5 Å². The van der Waals surface area contributed by atoms with Gasteiger partial charge in [-0.1, -0.05) is 0 Å². The van der Waals surface area contributed by atoms with Crippen molar-refractivity contribution in [3.8, 4) is 0 Å². The van der Waals surface area contributed by atoms with Gasteiger partial charge in [0.25, 0.3) is 0 Å². The molecule has 1 aromatic heterocycles. The minimum atomic E-state index is -0.268. The van der Waals surface area contributed by atoms with Crippen molar-refractivity contribution in [1.29, 1.82) is 0 Å². The second-order valence-corrected chi connectivity index (χ2v) is 3.13. The lowest BCUT2D eigenvalue weighted by molar-refractivity contribution is 0.0913. The van der Waals surface area contributed by atoms with Crippen LogP contribution in [0.5, 0.6) is 0 Å². The van der Waals surface area contributed by atoms with Crippen LogP contribution in [0, 0.1) is 6.92 Å². The summed E-state index contributed by atoms with van der Waals surface area (Å²) < 4.78 is 4.81. The number of Topliss-reactive ketones (excluding diaryl/α,β-unsaturated/α-hetero) is 1. The van der Waals surface area contributed by atoms with Crippen molar-refractivity contribution < 1.29 is 14.3 Å². The van der Waals surface area contributed by atoms with Crippen LogP contribution in [-0.2, 0) is 4.74 Å². The Morgan fingerprint density at radius 1 is 1.36 bits per heavy atom. The summed E-state index contributed by atoms with van der Waals surface area (Å²) in [7, 11) is 1.37. The molecule has 4 heteroatoms. The summed E-state index contributed by atoms with van der Waals surface area (Å²) in [5.41, 5.74) is 1.56. The van der Waals surface area contributed by atoms with E-state index in [-0.39, 0.29) is 17.3 Å². The average Bonchev–Trinajstić information content (AvgIpc) is 2.54. The number of carbonyl (C=O) groups excluding carboxylic acids is 2. The fourth-order valence-corrected chi connectivity index (χ4v) is 1.55. The van der Waals surface area contributed by atoms with E-state index in [1.165, 1.54) is 13.2 Å². The van der Waals surface area contributed by atoms with Crippen molar-refractivity contribution in [3.05, 3.63) is 34.9 Å². The molecule has 0 radical (unpaired) electrons. The molecule has 0 amide bonds. The number of allylic oxidation sites excluding steroid dienone is 2. The van der Waals surface area contributed by atoms with E-state index in [0.29, 0.717) is 11.3 Å². The zero-order valence-electron chi connectivity index (χ0n) is 7.88. The predicted octanol–water partition coefficient (Wildman–Crippen LogP) is 1.23. The Kier molecular flexibility index (Phi) is 1.77. The summed E-state index contributed by atoms with van der Waals surface area (Å²) in [5, 5.41) is 0. The third-order valence-electron chi connectivity index (χ3n) is 2.26. The minimum Gasteiger partial charge on any atom is -0.492 e. The van der Waals surface area contributed by atoms with Crippen LogP contribution in [0.1, 0.15) is 26.4 Å². The normalized spacial score (nSPS) is 15.1. The van der Waals surface area contributed by atoms with E-state index >= 15 is 0 Å². The third-order valence-corrected chi connectivity index (χ3v) is 2.26. The Balaban J connectivity index is 2.62. The molecule has 0 atom stereocenters. The number of aryl methyl sites for hydroxylation is 1. The monoisotopic (exact) mass is 191 g/mol. The van der Waals surface area contributed by atoms with E-state index in [1.807, 2.05) is 0 Å². The number of aromatic nitrogens is 1. The highest BCUT2D eigenvalue weighted by molar-refractivity contribution is 6.23. The molecule has 1 heterocycles. The number of hydrogen-bond donors (Lipinski definition) is 1. The number of methoxy groups -OCH3 is 1. The van der Waals surface area contributed by atoms with Crippen LogP contribution in [0.15, 0.2) is 18.0 Å². The smallest absolute Gasteiger partial charge is 0.244 e. The second kappa shape index (κ2) is 2.83. The lowest BCUT2D eigenvalue weighted by Gasteiger charge is -2.10. The Morgan fingerprint density at radius 3 is 2.71 bits per heavy atom. The molecule has 0 fully saturated rings. The van der Waals surface area contributed by atoms with E-state index in [0.717, 1.165) is 5.56 Å². The Bertz CT molecular complexity index is 454. The number of ketones is 2. The van der Waals surface area contributed by atoms with Gasteiger partial charge in [0.1, 0.15) is 5.69 Å². The number of H-pyrrole nitrogens is 1. The molecule has 0 saturated heterocycles. The predicted molar refractivity (Wildman–Crippen MR) is 49.3 cm³/mol. The van der Waals surface area contributed by atoms with Crippen LogP contribution in [0.2, 0.25) is 0 Å². The van der Waals surface area contributed by atoms with Gasteiger partial charge in [-0.15, -0.1) is 0 Å². The Hall–Kier alpha value is -1.84. The molecule has 2 rings (SSSR count). The maximum Gasteiger partial charge on any atom is 0.244 e. The average molecular weight is 191 g/mol. The summed E-state index contributed by atoms with van der Waals surface area (Å²) in [6.45, 7) is 1.78. The van der Waals surface area contributed by atoms with Gasteiger partial charge in [0, 0.05) is 12.3 Å². The molecule has 0 aliphatic heterocycles. The van der Waals surface area contributed by atoms with Gasteiger partial charge in [-0.25, -0.2) is 0 Å². The molecule has 1 aliphatic carbocycles. The van der Waals surface area contributed by atoms with Gasteiger partial charge in [-0.3, -0.25) is 9.59 Å². The standard InChI is InChI=1S/C10H9NO3/c1-5-4-11-9-8(5)6(12)3-7(14-2)10(9)13/h3-4,11H,1-2H3. The summed E-state index contributed by atoms with van der Waals surface area (Å²) >= 11 is 0. The van der Waals surface area contributed by atoms with Crippen molar-refractivity contribution in [2.24, 2.45) is 0 Å². The number of aromatic amines is 1. The first-order chi connectivity index (χ1) is 6.65. The van der Waals surface area contributed by atoms with Crippen LogP contribution < -0.4 is 0 Å². The van der Waals surface area contributed by atoms with Crippen LogP contribution in [-0.4, -0.2) is 23.7 Å². The van der Waals surface area contributed by atoms with Crippen molar-refractivity contribution in [2.75, 3.05) is 7.11 Å². The topological polar surface area (TPSA) is 59.2 Å². The van der Waals surface area contributed by atoms with E-state index in [1.54, 1.807) is 13.1 Å². The SMILES string of the molecule is COC1=CC(=O)c2c(C)c[nH]c2C1=O. The molecule has 0 unspecified atom stereocenters. The highest BCUT2D eigenvalue weighted by Crippen LogP contribution is 2.23. The molecule has 0 saturated carbocycles. The van der Waals surface area contributed by atoms with Crippen molar-refractivity contribution >= 4 is 11.6 Å². The van der Waals surface area contributed by atoms with Gasteiger partial charge >= 0.3 is 0 Å². The highest BCUT2D eigenvalue weighted by atomic mass is 16.5. The molecule has 0 bridgehead atoms. The number of nitrogens with one attached hydrogen (secondary N) is 1. The van der Waals surface area contributed by atoms with Gasteiger partial charge in [-0.2, -0.15) is 0 Å². The van der Waals surface area contributed by atoms with Crippen molar-refractivity contribution in [1.82, 2.24) is 4.98 Å². The van der Waals surface area contributed by atoms with Crippen molar-refractivity contribution in [3.63, 3.8) is 0 Å². The number of carbonyl (C=O) groups is 2. The van der Waals surface area contributed by atoms with E-state index in [9.17, 15) is 9.59 Å². The molecule has 1 aliphatic rings. The molecule has 14 heavy (non-hydrogen) atoms. The minimum absolute atomic E-state index is 0.0874. The number of hydrogen-bond acceptors (Lipinski definition) is 3. The molecule has 0 aromatic carbocycles. The fraction of sp³-hybridized carbons (Fsp3) is 0.200. The third kappa shape index (κ3) is 1.00. The summed E-state index contributed by atoms with van der Waals surface area (Å²) in [5.74, 6) is -0.366. The molecular weight excluding hydrogens is 182 g/mol. The lowest BCUT2D eigenvalue weighted by atomic mass is 9.98. The molecule has 72 valence electrons. The Morgan fingerprint density at radius 2 is 2.07 bits per heavy atom. The molecule has 1 N–H and O–H groups in total. The summed E-state index contributed by atoms with van der Waals surface area (Å²) in [6.07, 6.45) is 2.87. The number of ether oxygens (including phenoxy) is 1. The Labute approximate surface area is 80.6 Å². The lowest BCUT2D eigenvalue weighted by Crippen LogP contribution is -2.17. The second-order valence-electron chi connectivity index (χ2n) is 3.13. The first-order valence-electron chi connectivity index (χ1n) is 4.18. The van der Waals surface area contributed by atoms with E-state index in [2.05, 4.69) is 4.98 Å². The highest BCUT2D eigenvalue weighted by Gasteiger charge is 2.28. The zero-order valence-corrected chi connectivity index (χ0v) is 7.88. The van der Waals surface area contributed by atoms with Crippen LogP contribution in [0.4, 0.5) is 0 Å². The quantitative estimate of drug-likeness (QED) is 0.726. The molecular formula is C10H9NO3. The van der Waals surface area contributed by atoms with Crippen LogP contribution in [0.3, 0.4) is 0 Å². The van der Waals surface area contributed by atoms with Crippen LogP contribution in [0.25, 0.3) is 0 Å². The first-order valence-corrected chi connectivity index (χ1v) is 4.18. The van der Waals surface area contributed by atoms with Crippen LogP contribution >= 0.6 is 0 Å². The maximum absolute atomic E-state index is 11.6. The zero-order chi connectivity index (χ0) is 10.3. The summed E-state index contributed by atoms with van der Waals surface area (Å²) in [6, 6.07) is 0. The summed E-state index contributed by atoms with van der Waals surface area (Å²) in [4.78, 5) is 26.0. The fourth-order valence-electron chi connectivity index (χ4n) is 1.55.